The molecule has 1 aromatic rings. The molecule has 1 saturated carbocycles. The zero-order valence-electron chi connectivity index (χ0n) is 10.5. The minimum absolute atomic E-state index is 0.134. The molecule has 2 atom stereocenters. The summed E-state index contributed by atoms with van der Waals surface area (Å²) >= 11 is 3.83. The lowest BCUT2D eigenvalue weighted by Gasteiger charge is -2.42. The van der Waals surface area contributed by atoms with E-state index in [1.54, 1.807) is 0 Å². The van der Waals surface area contributed by atoms with Crippen LogP contribution in [0.15, 0.2) is 24.5 Å². The van der Waals surface area contributed by atoms with Crippen LogP contribution in [0.4, 0.5) is 0 Å². The molecule has 2 unspecified atom stereocenters. The third-order valence-electron chi connectivity index (χ3n) is 4.04. The molecule has 2 nitrogen and oxygen atoms in total. The Bertz CT molecular complexity index is 345. The van der Waals surface area contributed by atoms with Crippen molar-refractivity contribution in [2.45, 2.75) is 49.0 Å². The number of rotatable bonds is 5. The van der Waals surface area contributed by atoms with Gasteiger partial charge in [0.1, 0.15) is 0 Å². The zero-order valence-corrected chi connectivity index (χ0v) is 12.1. The van der Waals surface area contributed by atoms with E-state index in [1.807, 2.05) is 19.5 Å². The molecule has 1 aromatic heterocycles. The van der Waals surface area contributed by atoms with Crippen molar-refractivity contribution in [3.63, 3.8) is 0 Å². The molecule has 17 heavy (non-hydrogen) atoms. The molecule has 0 N–H and O–H groups in total. The van der Waals surface area contributed by atoms with Crippen LogP contribution in [0.2, 0.25) is 0 Å². The van der Waals surface area contributed by atoms with Gasteiger partial charge in [0.2, 0.25) is 0 Å². The van der Waals surface area contributed by atoms with Crippen LogP contribution in [0.3, 0.4) is 0 Å². The number of nitrogens with zero attached hydrogens (tertiary/aromatic N) is 1. The SMILES string of the molecule is COC1(CC(Br)C(C)c2ccncc2)CCC1. The fourth-order valence-electron chi connectivity index (χ4n) is 2.47. The Hall–Kier alpha value is -0.410. The molecule has 0 radical (unpaired) electrons. The second kappa shape index (κ2) is 5.49. The summed E-state index contributed by atoms with van der Waals surface area (Å²) < 4.78 is 5.69. The maximum Gasteiger partial charge on any atom is 0.0689 e. The van der Waals surface area contributed by atoms with Gasteiger partial charge >= 0.3 is 0 Å². The van der Waals surface area contributed by atoms with E-state index in [0.717, 1.165) is 6.42 Å². The van der Waals surface area contributed by atoms with Gasteiger partial charge in [-0.1, -0.05) is 22.9 Å². The van der Waals surface area contributed by atoms with Crippen LogP contribution >= 0.6 is 15.9 Å². The highest BCUT2D eigenvalue weighted by molar-refractivity contribution is 9.09. The normalized spacial score (nSPS) is 21.6. The third kappa shape index (κ3) is 2.89. The second-order valence-corrected chi connectivity index (χ2v) is 6.21. The predicted molar refractivity (Wildman–Crippen MR) is 73.6 cm³/mol. The summed E-state index contributed by atoms with van der Waals surface area (Å²) in [6, 6.07) is 4.19. The van der Waals surface area contributed by atoms with Gasteiger partial charge in [0.15, 0.2) is 0 Å². The highest BCUT2D eigenvalue weighted by Gasteiger charge is 2.39. The summed E-state index contributed by atoms with van der Waals surface area (Å²) in [5.74, 6) is 0.491. The lowest BCUT2D eigenvalue weighted by atomic mass is 9.75. The molecule has 94 valence electrons. The second-order valence-electron chi connectivity index (χ2n) is 5.03. The van der Waals surface area contributed by atoms with E-state index < -0.39 is 0 Å². The number of aromatic nitrogens is 1. The molecule has 2 rings (SSSR count). The predicted octanol–water partition coefficient (Wildman–Crippen LogP) is 3.91. The number of ether oxygens (including phenoxy) is 1. The van der Waals surface area contributed by atoms with E-state index in [0.29, 0.717) is 10.7 Å². The molecular weight excluding hydrogens is 278 g/mol. The summed E-state index contributed by atoms with van der Waals surface area (Å²) in [5.41, 5.74) is 1.47. The minimum atomic E-state index is 0.134. The lowest BCUT2D eigenvalue weighted by Crippen LogP contribution is -2.41. The summed E-state index contributed by atoms with van der Waals surface area (Å²) in [6.07, 6.45) is 8.52. The summed E-state index contributed by atoms with van der Waals surface area (Å²) in [4.78, 5) is 4.53. The van der Waals surface area contributed by atoms with Gasteiger partial charge in [-0.3, -0.25) is 4.98 Å². The van der Waals surface area contributed by atoms with Crippen molar-refractivity contribution in [3.8, 4) is 0 Å². The molecule has 0 bridgehead atoms. The van der Waals surface area contributed by atoms with Gasteiger partial charge in [0.25, 0.3) is 0 Å². The van der Waals surface area contributed by atoms with Gasteiger partial charge in [-0.2, -0.15) is 0 Å². The van der Waals surface area contributed by atoms with E-state index in [1.165, 1.54) is 24.8 Å². The van der Waals surface area contributed by atoms with Crippen molar-refractivity contribution in [2.24, 2.45) is 0 Å². The Morgan fingerprint density at radius 1 is 1.41 bits per heavy atom. The number of hydrogen-bond acceptors (Lipinski definition) is 2. The molecule has 1 heterocycles. The van der Waals surface area contributed by atoms with E-state index in [2.05, 4.69) is 40.0 Å². The molecule has 0 saturated heterocycles. The standard InChI is InChI=1S/C14H20BrNO/c1-11(12-4-8-16-9-5-12)13(15)10-14(17-2)6-3-7-14/h4-5,8-9,11,13H,3,6-7,10H2,1-2H3. The fraction of sp³-hybridized carbons (Fsp3) is 0.643. The smallest absolute Gasteiger partial charge is 0.0689 e. The fourth-order valence-corrected chi connectivity index (χ4v) is 3.37. The number of alkyl halides is 1. The number of halogens is 1. The molecular formula is C14H20BrNO. The molecule has 0 spiro atoms. The zero-order chi connectivity index (χ0) is 12.3. The summed E-state index contributed by atoms with van der Waals surface area (Å²) in [5, 5.41) is 0. The van der Waals surface area contributed by atoms with Crippen molar-refractivity contribution in [1.29, 1.82) is 0 Å². The Balaban J connectivity index is 1.98. The Morgan fingerprint density at radius 2 is 2.06 bits per heavy atom. The van der Waals surface area contributed by atoms with E-state index in [4.69, 9.17) is 4.74 Å². The van der Waals surface area contributed by atoms with Crippen molar-refractivity contribution in [1.82, 2.24) is 4.98 Å². The van der Waals surface area contributed by atoms with Crippen LogP contribution in [0.5, 0.6) is 0 Å². The van der Waals surface area contributed by atoms with E-state index in [-0.39, 0.29) is 5.60 Å². The topological polar surface area (TPSA) is 22.1 Å². The number of methoxy groups -OCH3 is 1. The van der Waals surface area contributed by atoms with Crippen molar-refractivity contribution < 1.29 is 4.74 Å². The molecule has 1 aliphatic carbocycles. The van der Waals surface area contributed by atoms with Crippen LogP contribution < -0.4 is 0 Å². The molecule has 0 amide bonds. The Labute approximate surface area is 112 Å². The third-order valence-corrected chi connectivity index (χ3v) is 5.16. The average molecular weight is 298 g/mol. The molecule has 1 aliphatic rings. The first-order valence-corrected chi connectivity index (χ1v) is 7.17. The maximum atomic E-state index is 5.69. The molecule has 1 fully saturated rings. The van der Waals surface area contributed by atoms with Gasteiger partial charge < -0.3 is 4.74 Å². The highest BCUT2D eigenvalue weighted by Crippen LogP contribution is 2.42. The monoisotopic (exact) mass is 297 g/mol. The lowest BCUT2D eigenvalue weighted by molar-refractivity contribution is -0.0778. The average Bonchev–Trinajstić information content (AvgIpc) is 2.33. The van der Waals surface area contributed by atoms with Gasteiger partial charge in [0.05, 0.1) is 5.60 Å². The maximum absolute atomic E-state index is 5.69. The van der Waals surface area contributed by atoms with E-state index >= 15 is 0 Å². The summed E-state index contributed by atoms with van der Waals surface area (Å²) in [6.45, 7) is 2.26. The number of pyridine rings is 1. The summed E-state index contributed by atoms with van der Waals surface area (Å²) in [7, 11) is 1.84. The van der Waals surface area contributed by atoms with Crippen LogP contribution in [-0.4, -0.2) is 22.5 Å². The molecule has 3 heteroatoms. The first-order chi connectivity index (χ1) is 8.17. The van der Waals surface area contributed by atoms with Gasteiger partial charge in [-0.05, 0) is 49.3 Å². The Kier molecular flexibility index (Phi) is 4.21. The first kappa shape index (κ1) is 13.0. The van der Waals surface area contributed by atoms with E-state index in [9.17, 15) is 0 Å². The highest BCUT2D eigenvalue weighted by atomic mass is 79.9. The molecule has 0 aromatic carbocycles. The quantitative estimate of drug-likeness (QED) is 0.769. The number of hydrogen-bond donors (Lipinski definition) is 0. The molecule has 0 aliphatic heterocycles. The Morgan fingerprint density at radius 3 is 2.53 bits per heavy atom. The van der Waals surface area contributed by atoms with Crippen molar-refractivity contribution in [3.05, 3.63) is 30.1 Å². The van der Waals surface area contributed by atoms with Gasteiger partial charge in [0, 0.05) is 24.3 Å². The van der Waals surface area contributed by atoms with Crippen molar-refractivity contribution >= 4 is 15.9 Å². The largest absolute Gasteiger partial charge is 0.378 e. The van der Waals surface area contributed by atoms with Crippen LogP contribution in [0.25, 0.3) is 0 Å². The van der Waals surface area contributed by atoms with Gasteiger partial charge in [-0.25, -0.2) is 0 Å². The van der Waals surface area contributed by atoms with Crippen LogP contribution in [-0.2, 0) is 4.74 Å². The van der Waals surface area contributed by atoms with Crippen LogP contribution in [0, 0.1) is 0 Å². The minimum Gasteiger partial charge on any atom is -0.378 e. The van der Waals surface area contributed by atoms with Gasteiger partial charge in [-0.15, -0.1) is 0 Å². The van der Waals surface area contributed by atoms with Crippen molar-refractivity contribution in [2.75, 3.05) is 7.11 Å². The first-order valence-electron chi connectivity index (χ1n) is 6.26. The van der Waals surface area contributed by atoms with Crippen LogP contribution in [0.1, 0.15) is 44.1 Å².